The van der Waals surface area contributed by atoms with Crippen molar-refractivity contribution in [2.75, 3.05) is 26.7 Å². The van der Waals surface area contributed by atoms with Gasteiger partial charge in [0, 0.05) is 13.1 Å². The van der Waals surface area contributed by atoms with E-state index in [2.05, 4.69) is 36.3 Å². The number of nitrogens with zero attached hydrogens (tertiary/aromatic N) is 1. The molecular formula is C16H25NO2. The summed E-state index contributed by atoms with van der Waals surface area (Å²) in [5.41, 5.74) is 0. The van der Waals surface area contributed by atoms with Gasteiger partial charge in [-0.25, -0.2) is 0 Å². The van der Waals surface area contributed by atoms with Crippen LogP contribution in [0.5, 0.6) is 0 Å². The second kappa shape index (κ2) is 6.90. The molecule has 1 saturated heterocycles. The quantitative estimate of drug-likeness (QED) is 0.730. The molecule has 0 amide bonds. The van der Waals surface area contributed by atoms with Crippen molar-refractivity contribution >= 4 is 5.97 Å². The van der Waals surface area contributed by atoms with E-state index in [1.807, 2.05) is 6.92 Å². The highest BCUT2D eigenvalue weighted by Crippen LogP contribution is 2.29. The van der Waals surface area contributed by atoms with Crippen molar-refractivity contribution in [2.24, 2.45) is 17.8 Å². The molecule has 106 valence electrons. The van der Waals surface area contributed by atoms with Crippen molar-refractivity contribution in [3.63, 3.8) is 0 Å². The van der Waals surface area contributed by atoms with Gasteiger partial charge < -0.3 is 9.64 Å². The minimum absolute atomic E-state index is 0.0156. The molecule has 0 radical (unpaired) electrons. The van der Waals surface area contributed by atoms with Crippen molar-refractivity contribution in [3.8, 4) is 0 Å². The maximum Gasteiger partial charge on any atom is 0.310 e. The van der Waals surface area contributed by atoms with Crippen molar-refractivity contribution < 1.29 is 9.53 Å². The number of likely N-dealkylation sites (tertiary alicyclic amines) is 1. The Morgan fingerprint density at radius 1 is 1.37 bits per heavy atom. The van der Waals surface area contributed by atoms with Gasteiger partial charge in [0.1, 0.15) is 0 Å². The Balaban J connectivity index is 1.88. The second-order valence-electron chi connectivity index (χ2n) is 5.82. The lowest BCUT2D eigenvalue weighted by atomic mass is 9.81. The summed E-state index contributed by atoms with van der Waals surface area (Å²) in [5.74, 6) is 1.29. The number of allylic oxidation sites excluding steroid dienone is 4. The lowest BCUT2D eigenvalue weighted by molar-refractivity contribution is -0.150. The third kappa shape index (κ3) is 4.20. The van der Waals surface area contributed by atoms with E-state index in [0.717, 1.165) is 25.9 Å². The maximum atomic E-state index is 11.9. The van der Waals surface area contributed by atoms with E-state index < -0.39 is 0 Å². The Labute approximate surface area is 116 Å². The van der Waals surface area contributed by atoms with Crippen molar-refractivity contribution in [1.29, 1.82) is 0 Å². The number of ether oxygens (including phenoxy) is 1. The minimum Gasteiger partial charge on any atom is -0.466 e. The molecule has 0 aromatic heterocycles. The molecule has 0 aromatic carbocycles. The first-order valence-corrected chi connectivity index (χ1v) is 7.37. The molecule has 0 N–H and O–H groups in total. The van der Waals surface area contributed by atoms with Crippen molar-refractivity contribution in [3.05, 3.63) is 24.3 Å². The first kappa shape index (κ1) is 14.3. The molecule has 3 atom stereocenters. The standard InChI is InChI=1S/C16H25NO2/c1-3-19-16(18)15-10-14(11-17(2)12-15)9-13-7-5-4-6-8-13/h4-7,13-15H,3,8-12H2,1-2H3. The average molecular weight is 263 g/mol. The van der Waals surface area contributed by atoms with Gasteiger partial charge in [-0.05, 0) is 45.1 Å². The number of hydrogen-bond donors (Lipinski definition) is 0. The molecule has 1 aliphatic heterocycles. The normalized spacial score (nSPS) is 31.4. The maximum absolute atomic E-state index is 11.9. The Hall–Kier alpha value is -1.09. The highest BCUT2D eigenvalue weighted by molar-refractivity contribution is 5.72. The highest BCUT2D eigenvalue weighted by atomic mass is 16.5. The molecule has 0 aromatic rings. The smallest absolute Gasteiger partial charge is 0.310 e. The van der Waals surface area contributed by atoms with Gasteiger partial charge in [-0.1, -0.05) is 24.3 Å². The summed E-state index contributed by atoms with van der Waals surface area (Å²) in [4.78, 5) is 14.2. The molecule has 2 rings (SSSR count). The van der Waals surface area contributed by atoms with E-state index in [1.54, 1.807) is 0 Å². The molecule has 3 unspecified atom stereocenters. The number of rotatable bonds is 4. The number of carbonyl (C=O) groups excluding carboxylic acids is 1. The zero-order valence-corrected chi connectivity index (χ0v) is 12.0. The molecule has 2 aliphatic rings. The van der Waals surface area contributed by atoms with Gasteiger partial charge in [0.15, 0.2) is 0 Å². The fourth-order valence-electron chi connectivity index (χ4n) is 3.28. The van der Waals surface area contributed by atoms with Crippen LogP contribution < -0.4 is 0 Å². The SMILES string of the molecule is CCOC(=O)C1CC(CC2C=CC=CC2)CN(C)C1. The lowest BCUT2D eigenvalue weighted by Gasteiger charge is -2.35. The van der Waals surface area contributed by atoms with Gasteiger partial charge in [-0.3, -0.25) is 4.79 Å². The van der Waals surface area contributed by atoms with E-state index in [-0.39, 0.29) is 11.9 Å². The van der Waals surface area contributed by atoms with E-state index in [0.29, 0.717) is 18.4 Å². The number of esters is 1. The third-order valence-electron chi connectivity index (χ3n) is 4.05. The van der Waals surface area contributed by atoms with E-state index in [4.69, 9.17) is 4.74 Å². The fraction of sp³-hybridized carbons (Fsp3) is 0.688. The topological polar surface area (TPSA) is 29.5 Å². The fourth-order valence-corrected chi connectivity index (χ4v) is 3.28. The van der Waals surface area contributed by atoms with Crippen LogP contribution in [0.25, 0.3) is 0 Å². The number of hydrogen-bond acceptors (Lipinski definition) is 3. The third-order valence-corrected chi connectivity index (χ3v) is 4.05. The van der Waals surface area contributed by atoms with Crippen LogP contribution in [0.3, 0.4) is 0 Å². The van der Waals surface area contributed by atoms with Gasteiger partial charge in [0.2, 0.25) is 0 Å². The molecule has 1 heterocycles. The van der Waals surface area contributed by atoms with Crippen molar-refractivity contribution in [2.45, 2.75) is 26.2 Å². The van der Waals surface area contributed by atoms with Gasteiger partial charge >= 0.3 is 5.97 Å². The molecule has 0 spiro atoms. The summed E-state index contributed by atoms with van der Waals surface area (Å²) in [7, 11) is 2.11. The summed E-state index contributed by atoms with van der Waals surface area (Å²) < 4.78 is 5.18. The van der Waals surface area contributed by atoms with Crippen LogP contribution in [0.4, 0.5) is 0 Å². The summed E-state index contributed by atoms with van der Waals surface area (Å²) in [6.07, 6.45) is 12.1. The first-order chi connectivity index (χ1) is 9.19. The summed E-state index contributed by atoms with van der Waals surface area (Å²) >= 11 is 0. The largest absolute Gasteiger partial charge is 0.466 e. The Morgan fingerprint density at radius 3 is 2.89 bits per heavy atom. The number of carbonyl (C=O) groups is 1. The van der Waals surface area contributed by atoms with Gasteiger partial charge in [-0.15, -0.1) is 0 Å². The Bertz CT molecular complexity index is 362. The van der Waals surface area contributed by atoms with Gasteiger partial charge in [0.05, 0.1) is 12.5 Å². The number of piperidine rings is 1. The average Bonchev–Trinajstić information content (AvgIpc) is 2.39. The van der Waals surface area contributed by atoms with Crippen molar-refractivity contribution in [1.82, 2.24) is 4.90 Å². The van der Waals surface area contributed by atoms with E-state index in [9.17, 15) is 4.79 Å². The zero-order valence-electron chi connectivity index (χ0n) is 12.0. The molecule has 1 aliphatic carbocycles. The minimum atomic E-state index is -0.0156. The molecule has 1 fully saturated rings. The molecule has 0 saturated carbocycles. The first-order valence-electron chi connectivity index (χ1n) is 7.37. The zero-order chi connectivity index (χ0) is 13.7. The monoisotopic (exact) mass is 263 g/mol. The van der Waals surface area contributed by atoms with Gasteiger partial charge in [0.25, 0.3) is 0 Å². The van der Waals surface area contributed by atoms with Crippen LogP contribution in [-0.2, 0) is 9.53 Å². The Morgan fingerprint density at radius 2 is 2.21 bits per heavy atom. The van der Waals surface area contributed by atoms with Crippen LogP contribution in [0.1, 0.15) is 26.2 Å². The van der Waals surface area contributed by atoms with Crippen LogP contribution >= 0.6 is 0 Å². The second-order valence-corrected chi connectivity index (χ2v) is 5.82. The summed E-state index contributed by atoms with van der Waals surface area (Å²) in [6, 6.07) is 0. The van der Waals surface area contributed by atoms with Crippen LogP contribution in [-0.4, -0.2) is 37.6 Å². The van der Waals surface area contributed by atoms with Crippen LogP contribution in [0, 0.1) is 17.8 Å². The summed E-state index contributed by atoms with van der Waals surface area (Å²) in [6.45, 7) is 4.31. The molecule has 0 bridgehead atoms. The predicted molar refractivity (Wildman–Crippen MR) is 76.7 cm³/mol. The molecule has 3 nitrogen and oxygen atoms in total. The van der Waals surface area contributed by atoms with E-state index >= 15 is 0 Å². The highest BCUT2D eigenvalue weighted by Gasteiger charge is 2.31. The summed E-state index contributed by atoms with van der Waals surface area (Å²) in [5, 5.41) is 0. The predicted octanol–water partition coefficient (Wildman–Crippen LogP) is 2.64. The molecule has 19 heavy (non-hydrogen) atoms. The van der Waals surface area contributed by atoms with Crippen LogP contribution in [0.15, 0.2) is 24.3 Å². The van der Waals surface area contributed by atoms with Crippen LogP contribution in [0.2, 0.25) is 0 Å². The molecular weight excluding hydrogens is 238 g/mol. The molecule has 3 heteroatoms. The lowest BCUT2D eigenvalue weighted by Crippen LogP contribution is -2.42. The van der Waals surface area contributed by atoms with E-state index in [1.165, 1.54) is 6.42 Å². The van der Waals surface area contributed by atoms with Gasteiger partial charge in [-0.2, -0.15) is 0 Å². The Kier molecular flexibility index (Phi) is 5.20.